The van der Waals surface area contributed by atoms with Crippen LogP contribution in [0.4, 0.5) is 13.2 Å². The molecule has 0 unspecified atom stereocenters. The fourth-order valence-corrected chi connectivity index (χ4v) is 2.79. The van der Waals surface area contributed by atoms with E-state index in [1.165, 1.54) is 22.9 Å². The third kappa shape index (κ3) is 6.43. The van der Waals surface area contributed by atoms with E-state index < -0.39 is 24.3 Å². The minimum absolute atomic E-state index is 0.0431. The molecule has 0 saturated heterocycles. The normalized spacial score (nSPS) is 11.2. The highest BCUT2D eigenvalue weighted by atomic mass is 19.4. The van der Waals surface area contributed by atoms with Gasteiger partial charge in [0.2, 0.25) is 0 Å². The fourth-order valence-electron chi connectivity index (χ4n) is 2.79. The standard InChI is InChI=1S/C22H20F3N3O3/c23-22(24,25)17-8-4-9-18(14-17)31-15-20(29)26-12-5-13-28-21(30)11-10-19(27-28)16-6-2-1-3-7-16/h1-4,6-11,14H,5,12-13,15H2,(H,26,29). The highest BCUT2D eigenvalue weighted by Gasteiger charge is 2.30. The number of nitrogens with zero attached hydrogens (tertiary/aromatic N) is 2. The smallest absolute Gasteiger partial charge is 0.416 e. The zero-order valence-electron chi connectivity index (χ0n) is 16.4. The maximum atomic E-state index is 12.7. The highest BCUT2D eigenvalue weighted by molar-refractivity contribution is 5.77. The molecule has 0 aliphatic carbocycles. The molecule has 3 aromatic rings. The number of nitrogens with one attached hydrogen (secondary N) is 1. The molecule has 0 radical (unpaired) electrons. The second-order valence-corrected chi connectivity index (χ2v) is 6.66. The van der Waals surface area contributed by atoms with Gasteiger partial charge in [0, 0.05) is 24.7 Å². The molecular formula is C22H20F3N3O3. The molecule has 0 saturated carbocycles. The average molecular weight is 431 g/mol. The predicted octanol–water partition coefficient (Wildman–Crippen LogP) is 3.51. The van der Waals surface area contributed by atoms with E-state index in [4.69, 9.17) is 4.74 Å². The van der Waals surface area contributed by atoms with Crippen LogP contribution in [0, 0.1) is 0 Å². The average Bonchev–Trinajstić information content (AvgIpc) is 2.76. The summed E-state index contributed by atoms with van der Waals surface area (Å²) in [7, 11) is 0. The van der Waals surface area contributed by atoms with Gasteiger partial charge in [0.15, 0.2) is 6.61 Å². The third-order valence-corrected chi connectivity index (χ3v) is 4.34. The summed E-state index contributed by atoms with van der Waals surface area (Å²) in [5.41, 5.74) is 0.454. The summed E-state index contributed by atoms with van der Waals surface area (Å²) in [4.78, 5) is 23.9. The van der Waals surface area contributed by atoms with Crippen LogP contribution in [0.5, 0.6) is 5.75 Å². The summed E-state index contributed by atoms with van der Waals surface area (Å²) in [5, 5.41) is 6.94. The highest BCUT2D eigenvalue weighted by Crippen LogP contribution is 2.31. The van der Waals surface area contributed by atoms with E-state index in [9.17, 15) is 22.8 Å². The summed E-state index contributed by atoms with van der Waals surface area (Å²) < 4.78 is 44.5. The van der Waals surface area contributed by atoms with E-state index >= 15 is 0 Å². The van der Waals surface area contributed by atoms with Crippen molar-refractivity contribution in [3.8, 4) is 17.0 Å². The van der Waals surface area contributed by atoms with Gasteiger partial charge in [-0.05, 0) is 30.7 Å². The van der Waals surface area contributed by atoms with Gasteiger partial charge in [-0.1, -0.05) is 36.4 Å². The molecule has 9 heteroatoms. The lowest BCUT2D eigenvalue weighted by molar-refractivity contribution is -0.137. The number of aryl methyl sites for hydroxylation is 1. The fraction of sp³-hybridized carbons (Fsp3) is 0.227. The van der Waals surface area contributed by atoms with Gasteiger partial charge in [-0.3, -0.25) is 9.59 Å². The molecule has 1 heterocycles. The molecule has 0 bridgehead atoms. The first-order valence-electron chi connectivity index (χ1n) is 9.53. The maximum absolute atomic E-state index is 12.7. The summed E-state index contributed by atoms with van der Waals surface area (Å²) >= 11 is 0. The van der Waals surface area contributed by atoms with Crippen molar-refractivity contribution in [2.75, 3.05) is 13.2 Å². The lowest BCUT2D eigenvalue weighted by Crippen LogP contribution is -2.31. The minimum Gasteiger partial charge on any atom is -0.484 e. The Morgan fingerprint density at radius 3 is 2.55 bits per heavy atom. The van der Waals surface area contributed by atoms with E-state index in [1.54, 1.807) is 6.07 Å². The number of aromatic nitrogens is 2. The maximum Gasteiger partial charge on any atom is 0.416 e. The monoisotopic (exact) mass is 431 g/mol. The zero-order chi connectivity index (χ0) is 22.3. The number of amides is 1. The molecule has 0 spiro atoms. The third-order valence-electron chi connectivity index (χ3n) is 4.34. The zero-order valence-corrected chi connectivity index (χ0v) is 16.4. The van der Waals surface area contributed by atoms with Crippen molar-refractivity contribution in [1.82, 2.24) is 15.1 Å². The first-order chi connectivity index (χ1) is 14.8. The summed E-state index contributed by atoms with van der Waals surface area (Å²) in [5.74, 6) is -0.519. The second kappa shape index (κ2) is 9.92. The number of carbonyl (C=O) groups excluding carboxylic acids is 1. The van der Waals surface area contributed by atoms with E-state index in [2.05, 4.69) is 10.4 Å². The SMILES string of the molecule is O=C(COc1cccc(C(F)(F)F)c1)NCCCn1nc(-c2ccccc2)ccc1=O. The molecule has 162 valence electrons. The Balaban J connectivity index is 1.46. The van der Waals surface area contributed by atoms with E-state index in [-0.39, 0.29) is 17.9 Å². The van der Waals surface area contributed by atoms with Crippen LogP contribution in [0.25, 0.3) is 11.3 Å². The van der Waals surface area contributed by atoms with Crippen molar-refractivity contribution in [2.45, 2.75) is 19.1 Å². The van der Waals surface area contributed by atoms with Gasteiger partial charge >= 0.3 is 6.18 Å². The number of halogens is 3. The van der Waals surface area contributed by atoms with Gasteiger partial charge in [0.1, 0.15) is 5.75 Å². The van der Waals surface area contributed by atoms with Gasteiger partial charge in [0.05, 0.1) is 11.3 Å². The number of hydrogen-bond acceptors (Lipinski definition) is 4. The molecule has 2 aromatic carbocycles. The Kier molecular flexibility index (Phi) is 7.07. The molecule has 0 aliphatic heterocycles. The Hall–Kier alpha value is -3.62. The summed E-state index contributed by atoms with van der Waals surface area (Å²) in [6.07, 6.45) is -4.04. The van der Waals surface area contributed by atoms with Crippen molar-refractivity contribution in [3.63, 3.8) is 0 Å². The molecule has 0 aliphatic rings. The molecular weight excluding hydrogens is 411 g/mol. The van der Waals surface area contributed by atoms with Crippen molar-refractivity contribution in [2.24, 2.45) is 0 Å². The van der Waals surface area contributed by atoms with Crippen LogP contribution in [0.2, 0.25) is 0 Å². The quantitative estimate of drug-likeness (QED) is 0.554. The summed E-state index contributed by atoms with van der Waals surface area (Å²) in [6, 6.07) is 16.8. The summed E-state index contributed by atoms with van der Waals surface area (Å²) in [6.45, 7) is 0.145. The van der Waals surface area contributed by atoms with Crippen molar-refractivity contribution in [1.29, 1.82) is 0 Å². The van der Waals surface area contributed by atoms with E-state index in [0.29, 0.717) is 18.7 Å². The van der Waals surface area contributed by atoms with Crippen LogP contribution >= 0.6 is 0 Å². The van der Waals surface area contributed by atoms with Gasteiger partial charge in [-0.2, -0.15) is 18.3 Å². The van der Waals surface area contributed by atoms with Crippen LogP contribution in [-0.2, 0) is 17.5 Å². The van der Waals surface area contributed by atoms with Gasteiger partial charge in [0.25, 0.3) is 11.5 Å². The molecule has 0 atom stereocenters. The molecule has 3 rings (SSSR count). The van der Waals surface area contributed by atoms with Crippen LogP contribution in [-0.4, -0.2) is 28.8 Å². The lowest BCUT2D eigenvalue weighted by atomic mass is 10.1. The largest absolute Gasteiger partial charge is 0.484 e. The van der Waals surface area contributed by atoms with Crippen molar-refractivity contribution < 1.29 is 22.7 Å². The van der Waals surface area contributed by atoms with E-state index in [1.807, 2.05) is 30.3 Å². The molecule has 1 N–H and O–H groups in total. The predicted molar refractivity (Wildman–Crippen MR) is 108 cm³/mol. The molecule has 0 fully saturated rings. The van der Waals surface area contributed by atoms with Crippen molar-refractivity contribution >= 4 is 5.91 Å². The number of ether oxygens (including phenoxy) is 1. The number of alkyl halides is 3. The minimum atomic E-state index is -4.48. The van der Waals surface area contributed by atoms with Crippen LogP contribution in [0.1, 0.15) is 12.0 Å². The second-order valence-electron chi connectivity index (χ2n) is 6.66. The topological polar surface area (TPSA) is 73.2 Å². The van der Waals surface area contributed by atoms with Crippen LogP contribution < -0.4 is 15.6 Å². The van der Waals surface area contributed by atoms with E-state index in [0.717, 1.165) is 17.7 Å². The number of carbonyl (C=O) groups is 1. The van der Waals surface area contributed by atoms with Crippen LogP contribution in [0.15, 0.2) is 71.5 Å². The van der Waals surface area contributed by atoms with Gasteiger partial charge in [-0.15, -0.1) is 0 Å². The Bertz CT molecular complexity index is 1080. The number of hydrogen-bond donors (Lipinski definition) is 1. The molecule has 31 heavy (non-hydrogen) atoms. The Labute approximate surface area is 176 Å². The van der Waals surface area contributed by atoms with Crippen LogP contribution in [0.3, 0.4) is 0 Å². The van der Waals surface area contributed by atoms with Gasteiger partial charge < -0.3 is 10.1 Å². The molecule has 1 aromatic heterocycles. The lowest BCUT2D eigenvalue weighted by Gasteiger charge is -2.11. The first-order valence-corrected chi connectivity index (χ1v) is 9.53. The molecule has 6 nitrogen and oxygen atoms in total. The Morgan fingerprint density at radius 1 is 1.03 bits per heavy atom. The number of rotatable bonds is 8. The Morgan fingerprint density at radius 2 is 1.81 bits per heavy atom. The van der Waals surface area contributed by atoms with Crippen molar-refractivity contribution in [3.05, 3.63) is 82.6 Å². The molecule has 1 amide bonds. The first kappa shape index (κ1) is 22.1. The van der Waals surface area contributed by atoms with Gasteiger partial charge in [-0.25, -0.2) is 4.68 Å². The number of benzene rings is 2.